The molecule has 2 fully saturated rings. The molecule has 118 valence electrons. The average Bonchev–Trinajstić information content (AvgIpc) is 3.19. The molecular weight excluding hydrogens is 286 g/mol. The van der Waals surface area contributed by atoms with Crippen LogP contribution in [-0.2, 0) is 19.1 Å². The Bertz CT molecular complexity index is 606. The van der Waals surface area contributed by atoms with Gasteiger partial charge in [0.25, 0.3) is 0 Å². The number of hydrogen-bond acceptors (Lipinski definition) is 4. The number of rotatable bonds is 3. The Balaban J connectivity index is 1.83. The molecule has 3 aliphatic heterocycles. The summed E-state index contributed by atoms with van der Waals surface area (Å²) >= 11 is 0. The molecule has 0 aromatic carbocycles. The molecule has 6 nitrogen and oxygen atoms in total. The van der Waals surface area contributed by atoms with E-state index < -0.39 is 11.5 Å². The second kappa shape index (κ2) is 4.43. The Kier molecular flexibility index (Phi) is 2.81. The summed E-state index contributed by atoms with van der Waals surface area (Å²) in [5.74, 6) is -1.10. The average molecular weight is 305 g/mol. The number of carboxylic acids is 1. The van der Waals surface area contributed by atoms with Crippen molar-refractivity contribution >= 4 is 11.9 Å². The molecule has 2 spiro atoms. The number of carbonyl (C=O) groups excluding carboxylic acids is 1. The summed E-state index contributed by atoms with van der Waals surface area (Å²) in [4.78, 5) is 25.7. The van der Waals surface area contributed by atoms with Crippen molar-refractivity contribution in [3.05, 3.63) is 23.8 Å². The zero-order valence-electron chi connectivity index (χ0n) is 12.4. The fraction of sp³-hybridized carbons (Fsp3) is 0.625. The maximum atomic E-state index is 12.4. The number of epoxide rings is 1. The lowest BCUT2D eigenvalue weighted by Gasteiger charge is -2.53. The highest BCUT2D eigenvalue weighted by Gasteiger charge is 2.68. The summed E-state index contributed by atoms with van der Waals surface area (Å²) in [5.41, 5.74) is -0.0755. The van der Waals surface area contributed by atoms with Crippen LogP contribution in [0.2, 0.25) is 0 Å². The first-order valence-electron chi connectivity index (χ1n) is 7.62. The molecule has 0 aromatic heterocycles. The van der Waals surface area contributed by atoms with Gasteiger partial charge in [-0.1, -0.05) is 12.2 Å². The molecule has 2 saturated heterocycles. The van der Waals surface area contributed by atoms with Crippen molar-refractivity contribution in [2.24, 2.45) is 5.92 Å². The van der Waals surface area contributed by atoms with Crippen LogP contribution in [0.15, 0.2) is 23.8 Å². The van der Waals surface area contributed by atoms with Crippen LogP contribution in [0, 0.1) is 5.92 Å². The summed E-state index contributed by atoms with van der Waals surface area (Å²) in [7, 11) is 1.64. The van der Waals surface area contributed by atoms with E-state index in [0.717, 1.165) is 5.57 Å². The number of amides is 1. The Morgan fingerprint density at radius 2 is 2.36 bits per heavy atom. The Hall–Kier alpha value is -1.66. The topological polar surface area (TPSA) is 79.4 Å². The Morgan fingerprint density at radius 1 is 1.59 bits per heavy atom. The van der Waals surface area contributed by atoms with E-state index in [1.807, 2.05) is 17.1 Å². The second-order valence-electron chi connectivity index (χ2n) is 6.61. The van der Waals surface area contributed by atoms with Gasteiger partial charge in [-0.05, 0) is 12.0 Å². The SMILES string of the molecule is CO[C@H]1C=CC2=CC(=O)N3CC[C@]4(CO4)[C@@H](CC(=O)O)C23C1. The van der Waals surface area contributed by atoms with Crippen LogP contribution in [0.3, 0.4) is 0 Å². The quantitative estimate of drug-likeness (QED) is 0.778. The number of carbonyl (C=O) groups is 2. The summed E-state index contributed by atoms with van der Waals surface area (Å²) in [6.45, 7) is 1.20. The van der Waals surface area contributed by atoms with Crippen molar-refractivity contribution in [3.8, 4) is 0 Å². The van der Waals surface area contributed by atoms with Crippen LogP contribution >= 0.6 is 0 Å². The summed E-state index contributed by atoms with van der Waals surface area (Å²) < 4.78 is 11.2. The molecule has 0 radical (unpaired) electrons. The van der Waals surface area contributed by atoms with Gasteiger partial charge in [-0.2, -0.15) is 0 Å². The van der Waals surface area contributed by atoms with E-state index in [9.17, 15) is 14.7 Å². The number of hydrogen-bond donors (Lipinski definition) is 1. The molecule has 0 aromatic rings. The van der Waals surface area contributed by atoms with E-state index in [1.54, 1.807) is 13.2 Å². The van der Waals surface area contributed by atoms with E-state index in [4.69, 9.17) is 9.47 Å². The summed E-state index contributed by atoms with van der Waals surface area (Å²) in [6, 6.07) is 0. The summed E-state index contributed by atoms with van der Waals surface area (Å²) in [5, 5.41) is 9.39. The monoisotopic (exact) mass is 305 g/mol. The molecular formula is C16H19NO5. The highest BCUT2D eigenvalue weighted by atomic mass is 16.6. The van der Waals surface area contributed by atoms with E-state index in [1.165, 1.54) is 0 Å². The minimum atomic E-state index is -0.849. The lowest BCUT2D eigenvalue weighted by atomic mass is 9.62. The van der Waals surface area contributed by atoms with Gasteiger partial charge in [0.1, 0.15) is 0 Å². The van der Waals surface area contributed by atoms with Crippen LogP contribution in [-0.4, -0.2) is 59.4 Å². The first kappa shape index (κ1) is 14.0. The number of nitrogens with zero attached hydrogens (tertiary/aromatic N) is 1. The van der Waals surface area contributed by atoms with Gasteiger partial charge in [0.05, 0.1) is 30.3 Å². The third-order valence-corrected chi connectivity index (χ3v) is 5.70. The van der Waals surface area contributed by atoms with Crippen LogP contribution in [0.1, 0.15) is 19.3 Å². The van der Waals surface area contributed by atoms with Crippen LogP contribution in [0.5, 0.6) is 0 Å². The van der Waals surface area contributed by atoms with Crippen LogP contribution in [0.4, 0.5) is 0 Å². The van der Waals surface area contributed by atoms with Crippen molar-refractivity contribution in [1.29, 1.82) is 0 Å². The van der Waals surface area contributed by atoms with Gasteiger partial charge in [-0.25, -0.2) is 0 Å². The fourth-order valence-electron chi connectivity index (χ4n) is 4.58. The van der Waals surface area contributed by atoms with Crippen molar-refractivity contribution < 1.29 is 24.2 Å². The van der Waals surface area contributed by atoms with Crippen LogP contribution in [0.25, 0.3) is 0 Å². The highest BCUT2D eigenvalue weighted by Crippen LogP contribution is 2.58. The minimum Gasteiger partial charge on any atom is -0.481 e. The maximum Gasteiger partial charge on any atom is 0.303 e. The fourth-order valence-corrected chi connectivity index (χ4v) is 4.58. The molecule has 0 saturated carbocycles. The zero-order valence-corrected chi connectivity index (χ0v) is 12.4. The minimum absolute atomic E-state index is 0.00535. The molecule has 1 aliphatic carbocycles. The first-order valence-corrected chi connectivity index (χ1v) is 7.62. The van der Waals surface area contributed by atoms with Gasteiger partial charge in [0.2, 0.25) is 5.91 Å². The Morgan fingerprint density at radius 3 is 3.00 bits per heavy atom. The zero-order chi connectivity index (χ0) is 15.5. The van der Waals surface area contributed by atoms with E-state index in [2.05, 4.69) is 0 Å². The Labute approximate surface area is 128 Å². The smallest absolute Gasteiger partial charge is 0.303 e. The van der Waals surface area contributed by atoms with Crippen molar-refractivity contribution in [3.63, 3.8) is 0 Å². The first-order chi connectivity index (χ1) is 10.5. The van der Waals surface area contributed by atoms with Crippen LogP contribution < -0.4 is 0 Å². The number of ether oxygens (including phenoxy) is 2. The predicted molar refractivity (Wildman–Crippen MR) is 76.1 cm³/mol. The number of methoxy groups -OCH3 is 1. The molecule has 4 atom stereocenters. The van der Waals surface area contributed by atoms with Gasteiger partial charge in [0.15, 0.2) is 0 Å². The maximum absolute atomic E-state index is 12.4. The molecule has 6 heteroatoms. The van der Waals surface area contributed by atoms with E-state index >= 15 is 0 Å². The van der Waals surface area contributed by atoms with Crippen molar-refractivity contribution in [2.75, 3.05) is 20.3 Å². The molecule has 22 heavy (non-hydrogen) atoms. The third-order valence-electron chi connectivity index (χ3n) is 5.70. The normalized spacial score (nSPS) is 42.1. The van der Waals surface area contributed by atoms with Gasteiger partial charge in [-0.15, -0.1) is 0 Å². The van der Waals surface area contributed by atoms with Gasteiger partial charge < -0.3 is 19.5 Å². The highest BCUT2D eigenvalue weighted by molar-refractivity contribution is 5.94. The number of carboxylic acid groups (broad SMARTS) is 1. The number of aliphatic carboxylic acids is 1. The predicted octanol–water partition coefficient (Wildman–Crippen LogP) is 0.732. The second-order valence-corrected chi connectivity index (χ2v) is 6.61. The van der Waals surface area contributed by atoms with E-state index in [-0.39, 0.29) is 30.0 Å². The lowest BCUT2D eigenvalue weighted by molar-refractivity contribution is -0.148. The van der Waals surface area contributed by atoms with Crippen molar-refractivity contribution in [1.82, 2.24) is 4.90 Å². The molecule has 1 amide bonds. The lowest BCUT2D eigenvalue weighted by Crippen LogP contribution is -2.64. The molecule has 1 N–H and O–H groups in total. The number of piperidine rings is 1. The molecule has 4 aliphatic rings. The van der Waals surface area contributed by atoms with Crippen molar-refractivity contribution in [2.45, 2.75) is 36.5 Å². The molecule has 0 bridgehead atoms. The summed E-state index contributed by atoms with van der Waals surface area (Å²) in [6.07, 6.45) is 6.72. The van der Waals surface area contributed by atoms with E-state index in [0.29, 0.717) is 26.0 Å². The molecule has 1 unspecified atom stereocenters. The standard InChI is InChI=1S/C16H19NO5/c1-21-11-3-2-10-6-13(18)17-5-4-15(9-22-15)12(7-14(19)20)16(10,17)8-11/h2-3,6,11-12H,4-5,7-9H2,1H3,(H,19,20)/t11-,12+,15-,16?/m0/s1. The van der Waals surface area contributed by atoms with Gasteiger partial charge >= 0.3 is 5.97 Å². The third kappa shape index (κ3) is 1.68. The molecule has 3 heterocycles. The van der Waals surface area contributed by atoms with Gasteiger partial charge in [0, 0.05) is 32.1 Å². The van der Waals surface area contributed by atoms with Gasteiger partial charge in [-0.3, -0.25) is 9.59 Å². The molecule has 4 rings (SSSR count). The largest absolute Gasteiger partial charge is 0.481 e.